The Morgan fingerprint density at radius 2 is 2.12 bits per heavy atom. The van der Waals surface area contributed by atoms with Crippen molar-refractivity contribution in [3.05, 3.63) is 35.2 Å². The van der Waals surface area contributed by atoms with Gasteiger partial charge in [0.15, 0.2) is 0 Å². The van der Waals surface area contributed by atoms with Crippen LogP contribution in [0.2, 0.25) is 0 Å². The van der Waals surface area contributed by atoms with Gasteiger partial charge in [-0.25, -0.2) is 15.0 Å². The van der Waals surface area contributed by atoms with Crippen molar-refractivity contribution in [3.63, 3.8) is 0 Å². The molecule has 3 aromatic heterocycles. The molecule has 0 radical (unpaired) electrons. The third kappa shape index (κ3) is 3.97. The van der Waals surface area contributed by atoms with Gasteiger partial charge in [-0.05, 0) is 39.2 Å². The van der Waals surface area contributed by atoms with Crippen LogP contribution in [-0.4, -0.2) is 63.2 Å². The third-order valence-corrected chi connectivity index (χ3v) is 5.91. The molecule has 3 aromatic rings. The van der Waals surface area contributed by atoms with E-state index in [-0.39, 0.29) is 17.3 Å². The average molecular weight is 438 g/mol. The number of methoxy groups -OCH3 is 1. The summed E-state index contributed by atoms with van der Waals surface area (Å²) in [5.74, 6) is 1.78. The lowest BCUT2D eigenvalue weighted by atomic mass is 10.1. The van der Waals surface area contributed by atoms with Crippen molar-refractivity contribution in [1.29, 1.82) is 0 Å². The molecule has 1 amide bonds. The summed E-state index contributed by atoms with van der Waals surface area (Å²) in [5.41, 5.74) is 2.12. The molecular formula is C22H26N6O4. The Bertz CT molecular complexity index is 1170. The van der Waals surface area contributed by atoms with Gasteiger partial charge in [-0.3, -0.25) is 4.79 Å². The number of fused-ring (bicyclic) bond motifs is 2. The molecule has 10 heteroatoms. The summed E-state index contributed by atoms with van der Waals surface area (Å²) in [6, 6.07) is 1.90. The quantitative estimate of drug-likeness (QED) is 0.556. The molecule has 168 valence electrons. The van der Waals surface area contributed by atoms with E-state index in [1.807, 2.05) is 13.0 Å². The summed E-state index contributed by atoms with van der Waals surface area (Å²) in [7, 11) is 1.62. The minimum absolute atomic E-state index is 0.00692. The smallest absolute Gasteiger partial charge is 0.292 e. The number of anilines is 1. The van der Waals surface area contributed by atoms with Gasteiger partial charge < -0.3 is 24.1 Å². The molecule has 1 aliphatic heterocycles. The van der Waals surface area contributed by atoms with Crippen LogP contribution < -0.4 is 10.1 Å². The molecule has 2 aliphatic rings. The molecule has 0 saturated heterocycles. The van der Waals surface area contributed by atoms with Crippen molar-refractivity contribution >= 4 is 22.8 Å². The minimum atomic E-state index is -0.254. The molecule has 5 rings (SSSR count). The number of aryl methyl sites for hydroxylation is 1. The number of carbonyl (C=O) groups excluding carboxylic acids is 1. The molecule has 0 unspecified atom stereocenters. The van der Waals surface area contributed by atoms with Crippen LogP contribution in [0.5, 0.6) is 5.88 Å². The van der Waals surface area contributed by atoms with Gasteiger partial charge >= 0.3 is 0 Å². The molecule has 1 saturated carbocycles. The molecule has 1 N–H and O–H groups in total. The largest absolute Gasteiger partial charge is 0.475 e. The number of rotatable bonds is 7. The normalized spacial score (nSPS) is 16.7. The lowest BCUT2D eigenvalue weighted by molar-refractivity contribution is 0.0717. The van der Waals surface area contributed by atoms with Crippen molar-refractivity contribution < 1.29 is 18.7 Å². The van der Waals surface area contributed by atoms with Crippen molar-refractivity contribution in [2.24, 2.45) is 0 Å². The van der Waals surface area contributed by atoms with Gasteiger partial charge in [0.05, 0.1) is 24.2 Å². The van der Waals surface area contributed by atoms with Crippen LogP contribution in [0.1, 0.15) is 47.4 Å². The van der Waals surface area contributed by atoms with E-state index in [0.29, 0.717) is 50.1 Å². The second-order valence-electron chi connectivity index (χ2n) is 8.58. The van der Waals surface area contributed by atoms with Crippen LogP contribution in [0, 0.1) is 6.92 Å². The summed E-state index contributed by atoms with van der Waals surface area (Å²) >= 11 is 0. The Kier molecular flexibility index (Phi) is 5.16. The first kappa shape index (κ1) is 20.6. The maximum absolute atomic E-state index is 13.3. The van der Waals surface area contributed by atoms with Crippen LogP contribution >= 0.6 is 0 Å². The number of nitrogens with one attached hydrogen (secondary N) is 1. The predicted molar refractivity (Wildman–Crippen MR) is 116 cm³/mol. The second-order valence-corrected chi connectivity index (χ2v) is 8.58. The average Bonchev–Trinajstić information content (AvgIpc) is 3.38. The number of hydrogen-bond donors (Lipinski definition) is 1. The molecular weight excluding hydrogens is 412 g/mol. The van der Waals surface area contributed by atoms with Gasteiger partial charge in [-0.15, -0.1) is 0 Å². The fourth-order valence-electron chi connectivity index (χ4n) is 3.82. The van der Waals surface area contributed by atoms with Gasteiger partial charge in [0.25, 0.3) is 5.91 Å². The van der Waals surface area contributed by atoms with Crippen LogP contribution in [0.15, 0.2) is 16.8 Å². The van der Waals surface area contributed by atoms with Crippen LogP contribution in [0.3, 0.4) is 0 Å². The van der Waals surface area contributed by atoms with Crippen LogP contribution in [0.4, 0.5) is 5.82 Å². The van der Waals surface area contributed by atoms with E-state index >= 15 is 0 Å². The van der Waals surface area contributed by atoms with Gasteiger partial charge in [-0.2, -0.15) is 4.98 Å². The van der Waals surface area contributed by atoms with Gasteiger partial charge in [-0.1, -0.05) is 0 Å². The molecule has 1 fully saturated rings. The van der Waals surface area contributed by atoms with Gasteiger partial charge in [0.2, 0.25) is 17.4 Å². The highest BCUT2D eigenvalue weighted by Gasteiger charge is 2.38. The number of ether oxygens (including phenoxy) is 2. The Morgan fingerprint density at radius 3 is 2.91 bits per heavy atom. The molecule has 1 aliphatic carbocycles. The van der Waals surface area contributed by atoms with Gasteiger partial charge in [0.1, 0.15) is 24.5 Å². The fraction of sp³-hybridized carbons (Fsp3) is 0.500. The molecule has 0 atom stereocenters. The number of hydrogen-bond acceptors (Lipinski definition) is 9. The Morgan fingerprint density at radius 1 is 1.28 bits per heavy atom. The number of aromatic nitrogens is 4. The number of amides is 1. The standard InChI is InChI=1S/C22H26N6O4/c1-13-10-15-17(27-22(2)5-6-22)25-18(26-20(15)32-13)21(29)28-7-4-14-16(11-28)23-12-24-19(14)31-9-8-30-3/h10,12H,4-9,11H2,1-3H3,(H,25,26,27). The summed E-state index contributed by atoms with van der Waals surface area (Å²) in [6.45, 7) is 5.73. The molecule has 0 bridgehead atoms. The SMILES string of the molecule is COCCOc1ncnc2c1CCN(C(=O)c1nc(NC3(C)CC3)c3cc(C)oc3n1)C2. The monoisotopic (exact) mass is 438 g/mol. The fourth-order valence-corrected chi connectivity index (χ4v) is 3.82. The third-order valence-electron chi connectivity index (χ3n) is 5.91. The summed E-state index contributed by atoms with van der Waals surface area (Å²) in [4.78, 5) is 32.7. The van der Waals surface area contributed by atoms with Crippen molar-refractivity contribution in [3.8, 4) is 5.88 Å². The summed E-state index contributed by atoms with van der Waals surface area (Å²) in [5, 5.41) is 4.26. The minimum Gasteiger partial charge on any atom is -0.475 e. The lowest BCUT2D eigenvalue weighted by Crippen LogP contribution is -2.37. The zero-order chi connectivity index (χ0) is 22.3. The van der Waals surface area contributed by atoms with E-state index in [1.165, 1.54) is 6.33 Å². The Hall–Kier alpha value is -3.27. The summed E-state index contributed by atoms with van der Waals surface area (Å²) < 4.78 is 16.5. The van der Waals surface area contributed by atoms with E-state index in [0.717, 1.165) is 35.2 Å². The van der Waals surface area contributed by atoms with Crippen LogP contribution in [-0.2, 0) is 17.7 Å². The predicted octanol–water partition coefficient (Wildman–Crippen LogP) is 2.51. The first-order valence-corrected chi connectivity index (χ1v) is 10.8. The van der Waals surface area contributed by atoms with E-state index in [9.17, 15) is 4.79 Å². The second kappa shape index (κ2) is 8.01. The van der Waals surface area contributed by atoms with Crippen molar-refractivity contribution in [2.75, 3.05) is 32.2 Å². The zero-order valence-corrected chi connectivity index (χ0v) is 18.5. The molecule has 10 nitrogen and oxygen atoms in total. The molecule has 32 heavy (non-hydrogen) atoms. The lowest BCUT2D eigenvalue weighted by Gasteiger charge is -2.28. The Balaban J connectivity index is 1.40. The van der Waals surface area contributed by atoms with E-state index in [2.05, 4.69) is 32.2 Å². The maximum Gasteiger partial charge on any atom is 0.292 e. The topological polar surface area (TPSA) is 116 Å². The van der Waals surface area contributed by atoms with Crippen LogP contribution in [0.25, 0.3) is 11.1 Å². The maximum atomic E-state index is 13.3. The zero-order valence-electron chi connectivity index (χ0n) is 18.5. The van der Waals surface area contributed by atoms with Crippen molar-refractivity contribution in [1.82, 2.24) is 24.8 Å². The number of furan rings is 1. The first-order chi connectivity index (χ1) is 15.5. The summed E-state index contributed by atoms with van der Waals surface area (Å²) in [6.07, 6.45) is 4.18. The van der Waals surface area contributed by atoms with E-state index in [4.69, 9.17) is 13.9 Å². The molecule has 0 spiro atoms. The molecule has 0 aromatic carbocycles. The van der Waals surface area contributed by atoms with E-state index in [1.54, 1.807) is 12.0 Å². The highest BCUT2D eigenvalue weighted by molar-refractivity contribution is 5.95. The van der Waals surface area contributed by atoms with Crippen molar-refractivity contribution in [2.45, 2.75) is 45.2 Å². The number of nitrogens with zero attached hydrogens (tertiary/aromatic N) is 5. The highest BCUT2D eigenvalue weighted by atomic mass is 16.5. The van der Waals surface area contributed by atoms with E-state index < -0.39 is 0 Å². The van der Waals surface area contributed by atoms with Gasteiger partial charge in [0, 0.05) is 24.8 Å². The highest BCUT2D eigenvalue weighted by Crippen LogP contribution is 2.39. The number of carbonyl (C=O) groups is 1. The Labute approximate surface area is 185 Å². The first-order valence-electron chi connectivity index (χ1n) is 10.8. The molecule has 4 heterocycles.